The molecule has 0 aliphatic rings. The van der Waals surface area contributed by atoms with Crippen LogP contribution in [0, 0.1) is 0 Å². The quantitative estimate of drug-likeness (QED) is 0.197. The lowest BCUT2D eigenvalue weighted by Crippen LogP contribution is -2.29. The van der Waals surface area contributed by atoms with Gasteiger partial charge in [0, 0.05) is 18.1 Å². The summed E-state index contributed by atoms with van der Waals surface area (Å²) >= 11 is 3.44. The molecule has 33 heavy (non-hydrogen) atoms. The van der Waals surface area contributed by atoms with Crippen molar-refractivity contribution in [2.45, 2.75) is 71.8 Å². The zero-order valence-electron chi connectivity index (χ0n) is 19.7. The third-order valence-electron chi connectivity index (χ3n) is 5.83. The molecule has 0 radical (unpaired) electrons. The number of hydrogen-bond donors (Lipinski definition) is 2. The second-order valence-electron chi connectivity index (χ2n) is 8.37. The van der Waals surface area contributed by atoms with Crippen molar-refractivity contribution in [2.75, 3.05) is 5.43 Å². The summed E-state index contributed by atoms with van der Waals surface area (Å²) in [4.78, 5) is 31.6. The molecule has 0 saturated carbocycles. The SMILES string of the molecule is CCCCCCCCCCn1c(N/N=C(/C)c2ccc(Br)cc2)nc2c1c(=O)[nH]c(=O)n2C. The predicted molar refractivity (Wildman–Crippen MR) is 138 cm³/mol. The van der Waals surface area contributed by atoms with Gasteiger partial charge in [-0.3, -0.25) is 14.3 Å². The zero-order valence-corrected chi connectivity index (χ0v) is 21.2. The molecule has 0 fully saturated rings. The van der Waals surface area contributed by atoms with E-state index in [1.165, 1.54) is 43.1 Å². The Labute approximate surface area is 202 Å². The van der Waals surface area contributed by atoms with Crippen molar-refractivity contribution in [1.29, 1.82) is 0 Å². The summed E-state index contributed by atoms with van der Waals surface area (Å²) in [5.41, 5.74) is 4.61. The second kappa shape index (κ2) is 12.0. The largest absolute Gasteiger partial charge is 0.329 e. The van der Waals surface area contributed by atoms with E-state index in [4.69, 9.17) is 0 Å². The predicted octanol–water partition coefficient (Wildman–Crippen LogP) is 5.16. The van der Waals surface area contributed by atoms with Crippen LogP contribution in [-0.2, 0) is 13.6 Å². The van der Waals surface area contributed by atoms with Gasteiger partial charge in [0.05, 0.1) is 5.71 Å². The van der Waals surface area contributed by atoms with Crippen LogP contribution in [0.4, 0.5) is 5.95 Å². The molecular weight excluding hydrogens is 484 g/mol. The van der Waals surface area contributed by atoms with Gasteiger partial charge in [0.15, 0.2) is 11.2 Å². The highest BCUT2D eigenvalue weighted by Gasteiger charge is 2.17. The van der Waals surface area contributed by atoms with Gasteiger partial charge in [-0.2, -0.15) is 10.1 Å². The van der Waals surface area contributed by atoms with Crippen LogP contribution in [0.3, 0.4) is 0 Å². The van der Waals surface area contributed by atoms with E-state index in [0.29, 0.717) is 23.7 Å². The van der Waals surface area contributed by atoms with Crippen molar-refractivity contribution in [1.82, 2.24) is 19.1 Å². The first-order valence-electron chi connectivity index (χ1n) is 11.7. The Balaban J connectivity index is 1.79. The van der Waals surface area contributed by atoms with E-state index in [-0.39, 0.29) is 0 Å². The normalized spacial score (nSPS) is 11.9. The number of hydrazone groups is 1. The van der Waals surface area contributed by atoms with Gasteiger partial charge in [-0.05, 0) is 31.0 Å². The first-order valence-corrected chi connectivity index (χ1v) is 12.5. The van der Waals surface area contributed by atoms with Crippen molar-refractivity contribution < 1.29 is 0 Å². The fraction of sp³-hybridized carbons (Fsp3) is 0.500. The molecule has 0 aliphatic carbocycles. The van der Waals surface area contributed by atoms with Crippen molar-refractivity contribution in [3.8, 4) is 0 Å². The monoisotopic (exact) mass is 516 g/mol. The average Bonchev–Trinajstić information content (AvgIpc) is 3.17. The van der Waals surface area contributed by atoms with Crippen LogP contribution in [0.5, 0.6) is 0 Å². The molecule has 0 spiro atoms. The molecule has 0 atom stereocenters. The molecule has 2 N–H and O–H groups in total. The number of halogens is 1. The maximum absolute atomic E-state index is 12.6. The van der Waals surface area contributed by atoms with Crippen LogP contribution in [0.1, 0.15) is 70.8 Å². The topological polar surface area (TPSA) is 97.1 Å². The standard InChI is InChI=1S/C24H33BrN6O2/c1-4-5-6-7-8-9-10-11-16-31-20-21(30(3)24(33)27-22(20)32)26-23(31)29-28-17(2)18-12-14-19(25)15-13-18/h12-15H,4-11,16H2,1-3H3,(H,26,29)(H,27,32,33)/b28-17-. The summed E-state index contributed by atoms with van der Waals surface area (Å²) in [6.45, 7) is 4.76. The fourth-order valence-corrected chi connectivity index (χ4v) is 4.10. The molecule has 9 heteroatoms. The Kier molecular flexibility index (Phi) is 9.05. The molecule has 2 heterocycles. The van der Waals surface area contributed by atoms with Crippen LogP contribution >= 0.6 is 15.9 Å². The van der Waals surface area contributed by atoms with Crippen LogP contribution in [0.2, 0.25) is 0 Å². The number of H-pyrrole nitrogens is 1. The molecule has 178 valence electrons. The van der Waals surface area contributed by atoms with Crippen LogP contribution in [0.25, 0.3) is 11.2 Å². The van der Waals surface area contributed by atoms with Gasteiger partial charge in [0.2, 0.25) is 5.95 Å². The number of aromatic amines is 1. The van der Waals surface area contributed by atoms with Crippen LogP contribution < -0.4 is 16.7 Å². The Bertz CT molecular complexity index is 1210. The van der Waals surface area contributed by atoms with E-state index in [2.05, 4.69) is 43.3 Å². The third-order valence-corrected chi connectivity index (χ3v) is 6.36. The third kappa shape index (κ3) is 6.43. The van der Waals surface area contributed by atoms with Gasteiger partial charge in [-0.1, -0.05) is 79.9 Å². The molecule has 3 rings (SSSR count). The Morgan fingerprint density at radius 2 is 1.70 bits per heavy atom. The highest BCUT2D eigenvalue weighted by atomic mass is 79.9. The van der Waals surface area contributed by atoms with E-state index in [1.807, 2.05) is 35.8 Å². The van der Waals surface area contributed by atoms with E-state index >= 15 is 0 Å². The highest BCUT2D eigenvalue weighted by Crippen LogP contribution is 2.18. The number of nitrogens with zero attached hydrogens (tertiary/aromatic N) is 4. The molecule has 0 amide bonds. The molecule has 2 aromatic heterocycles. The van der Waals surface area contributed by atoms with E-state index in [1.54, 1.807) is 7.05 Å². The van der Waals surface area contributed by atoms with Gasteiger partial charge >= 0.3 is 5.69 Å². The summed E-state index contributed by atoms with van der Waals surface area (Å²) in [5.74, 6) is 0.455. The van der Waals surface area contributed by atoms with Gasteiger partial charge in [-0.25, -0.2) is 10.2 Å². The number of aromatic nitrogens is 4. The fourth-order valence-electron chi connectivity index (χ4n) is 3.83. The number of hydrogen-bond acceptors (Lipinski definition) is 5. The molecule has 1 aromatic carbocycles. The summed E-state index contributed by atoms with van der Waals surface area (Å²) < 4.78 is 4.19. The number of imidazole rings is 1. The molecular formula is C24H33BrN6O2. The minimum Gasteiger partial charge on any atom is -0.303 e. The number of aryl methyl sites for hydroxylation is 2. The van der Waals surface area contributed by atoms with Gasteiger partial charge < -0.3 is 4.57 Å². The van der Waals surface area contributed by atoms with Crippen molar-refractivity contribution in [3.63, 3.8) is 0 Å². The lowest BCUT2D eigenvalue weighted by atomic mass is 10.1. The van der Waals surface area contributed by atoms with Crippen LogP contribution in [-0.4, -0.2) is 24.8 Å². The van der Waals surface area contributed by atoms with Gasteiger partial charge in [-0.15, -0.1) is 0 Å². The lowest BCUT2D eigenvalue weighted by molar-refractivity contribution is 0.549. The number of unbranched alkanes of at least 4 members (excludes halogenated alkanes) is 7. The minimum atomic E-state index is -0.481. The average molecular weight is 517 g/mol. The van der Waals surface area contributed by atoms with Crippen molar-refractivity contribution >= 4 is 38.8 Å². The molecule has 3 aromatic rings. The van der Waals surface area contributed by atoms with Gasteiger partial charge in [0.1, 0.15) is 0 Å². The van der Waals surface area contributed by atoms with Crippen LogP contribution in [0.15, 0.2) is 43.4 Å². The first kappa shape index (κ1) is 25.0. The summed E-state index contributed by atoms with van der Waals surface area (Å²) in [6, 6.07) is 7.87. The summed E-state index contributed by atoms with van der Waals surface area (Å²) in [7, 11) is 1.61. The molecule has 8 nitrogen and oxygen atoms in total. The number of rotatable bonds is 12. The summed E-state index contributed by atoms with van der Waals surface area (Å²) in [5, 5.41) is 4.49. The second-order valence-corrected chi connectivity index (χ2v) is 9.28. The number of benzene rings is 1. The minimum absolute atomic E-state index is 0.349. The molecule has 0 saturated heterocycles. The van der Waals surface area contributed by atoms with Crippen molar-refractivity contribution in [2.24, 2.45) is 12.1 Å². The molecule has 0 bridgehead atoms. The zero-order chi connectivity index (χ0) is 23.8. The maximum atomic E-state index is 12.6. The van der Waals surface area contributed by atoms with Crippen molar-refractivity contribution in [3.05, 3.63) is 55.1 Å². The highest BCUT2D eigenvalue weighted by molar-refractivity contribution is 9.10. The smallest absolute Gasteiger partial charge is 0.303 e. The van der Waals surface area contributed by atoms with E-state index in [9.17, 15) is 9.59 Å². The Morgan fingerprint density at radius 1 is 1.06 bits per heavy atom. The van der Waals surface area contributed by atoms with E-state index < -0.39 is 11.2 Å². The lowest BCUT2D eigenvalue weighted by Gasteiger charge is -2.09. The number of anilines is 1. The molecule has 0 aliphatic heterocycles. The maximum Gasteiger partial charge on any atom is 0.329 e. The first-order chi connectivity index (χ1) is 15.9. The molecule has 0 unspecified atom stereocenters. The Hall–Kier alpha value is -2.68. The Morgan fingerprint density at radius 3 is 2.36 bits per heavy atom. The van der Waals surface area contributed by atoms with Gasteiger partial charge in [0.25, 0.3) is 5.56 Å². The number of nitrogens with one attached hydrogen (secondary N) is 2. The van der Waals surface area contributed by atoms with E-state index in [0.717, 1.165) is 28.6 Å². The number of fused-ring (bicyclic) bond motifs is 1. The summed E-state index contributed by atoms with van der Waals surface area (Å²) in [6.07, 6.45) is 9.55.